The number of likely N-dealkylation sites (N-methyl/N-ethyl adjacent to an activating group) is 1. The Morgan fingerprint density at radius 3 is 2.45 bits per heavy atom. The third-order valence-electron chi connectivity index (χ3n) is 5.03. The molecule has 0 saturated heterocycles. The van der Waals surface area contributed by atoms with Crippen LogP contribution in [0.4, 0.5) is 0 Å². The van der Waals surface area contributed by atoms with Gasteiger partial charge in [0.05, 0.1) is 0 Å². The summed E-state index contributed by atoms with van der Waals surface area (Å²) < 4.78 is 2.42. The highest BCUT2D eigenvalue weighted by atomic mass is 15.1. The first-order chi connectivity index (χ1) is 10.8. The van der Waals surface area contributed by atoms with E-state index in [0.717, 1.165) is 19.5 Å². The Hall–Kier alpha value is -2.06. The van der Waals surface area contributed by atoms with Crippen molar-refractivity contribution in [1.82, 2.24) is 9.47 Å². The van der Waals surface area contributed by atoms with Crippen molar-refractivity contribution >= 4 is 10.9 Å². The maximum Gasteiger partial charge on any atom is 0.0482 e. The summed E-state index contributed by atoms with van der Waals surface area (Å²) in [5.41, 5.74) is 5.81. The molecule has 1 aromatic heterocycles. The number of aryl methyl sites for hydroxylation is 1. The lowest BCUT2D eigenvalue weighted by Crippen LogP contribution is -2.25. The van der Waals surface area contributed by atoms with Crippen LogP contribution < -0.4 is 0 Å². The highest BCUT2D eigenvalue weighted by Crippen LogP contribution is 2.36. The normalized spacial score (nSPS) is 19.1. The minimum absolute atomic E-state index is 0.445. The summed E-state index contributed by atoms with van der Waals surface area (Å²) >= 11 is 0. The minimum Gasteiger partial charge on any atom is -0.347 e. The Morgan fingerprint density at radius 2 is 1.64 bits per heavy atom. The number of para-hydroxylation sites is 1. The summed E-state index contributed by atoms with van der Waals surface area (Å²) in [6, 6.07) is 19.8. The van der Waals surface area contributed by atoms with E-state index >= 15 is 0 Å². The minimum atomic E-state index is 0.445. The molecule has 0 bridgehead atoms. The lowest BCUT2D eigenvalue weighted by Gasteiger charge is -2.22. The zero-order valence-electron chi connectivity index (χ0n) is 13.3. The topological polar surface area (TPSA) is 8.17 Å². The number of rotatable bonds is 1. The Morgan fingerprint density at radius 1 is 0.909 bits per heavy atom. The predicted molar refractivity (Wildman–Crippen MR) is 92.4 cm³/mol. The van der Waals surface area contributed by atoms with E-state index in [1.807, 2.05) is 0 Å². The average molecular weight is 290 g/mol. The van der Waals surface area contributed by atoms with Gasteiger partial charge in [-0.1, -0.05) is 48.5 Å². The van der Waals surface area contributed by atoms with Crippen LogP contribution in [0.25, 0.3) is 10.9 Å². The molecule has 1 aliphatic rings. The molecular formula is C20H22N2. The fourth-order valence-corrected chi connectivity index (χ4v) is 3.94. The van der Waals surface area contributed by atoms with Crippen LogP contribution >= 0.6 is 0 Å². The van der Waals surface area contributed by atoms with E-state index in [-0.39, 0.29) is 0 Å². The molecule has 0 fully saturated rings. The number of aromatic nitrogens is 1. The standard InChI is InChI=1S/C20H22N2/c1-21-13-12-17-16-10-6-7-11-19(16)22(2)20(17)18(14-21)15-8-4-3-5-9-15/h3-11,18H,12-14H2,1-2H3/t18-/m0/s1. The van der Waals surface area contributed by atoms with Crippen LogP contribution in [0.3, 0.4) is 0 Å². The summed E-state index contributed by atoms with van der Waals surface area (Å²) in [6.07, 6.45) is 1.14. The molecule has 2 heterocycles. The monoisotopic (exact) mass is 290 g/mol. The van der Waals surface area contributed by atoms with E-state index in [0.29, 0.717) is 5.92 Å². The summed E-state index contributed by atoms with van der Waals surface area (Å²) in [5, 5.41) is 1.43. The summed E-state index contributed by atoms with van der Waals surface area (Å²) in [7, 11) is 4.46. The van der Waals surface area contributed by atoms with E-state index in [4.69, 9.17) is 0 Å². The maximum atomic E-state index is 2.46. The van der Waals surface area contributed by atoms with Gasteiger partial charge in [-0.05, 0) is 30.7 Å². The lowest BCUT2D eigenvalue weighted by atomic mass is 9.92. The van der Waals surface area contributed by atoms with E-state index < -0.39 is 0 Å². The van der Waals surface area contributed by atoms with Crippen LogP contribution in [-0.4, -0.2) is 29.6 Å². The zero-order valence-corrected chi connectivity index (χ0v) is 13.3. The molecule has 0 saturated carbocycles. The number of hydrogen-bond donors (Lipinski definition) is 0. The Bertz CT molecular complexity index is 801. The molecule has 2 nitrogen and oxygen atoms in total. The highest BCUT2D eigenvalue weighted by Gasteiger charge is 2.27. The van der Waals surface area contributed by atoms with Gasteiger partial charge in [0.15, 0.2) is 0 Å². The zero-order chi connectivity index (χ0) is 15.1. The molecule has 22 heavy (non-hydrogen) atoms. The highest BCUT2D eigenvalue weighted by molar-refractivity contribution is 5.86. The first-order valence-electron chi connectivity index (χ1n) is 8.05. The molecule has 112 valence electrons. The van der Waals surface area contributed by atoms with E-state index in [1.54, 1.807) is 0 Å². The summed E-state index contributed by atoms with van der Waals surface area (Å²) in [6.45, 7) is 2.21. The van der Waals surface area contributed by atoms with E-state index in [9.17, 15) is 0 Å². The van der Waals surface area contributed by atoms with Gasteiger partial charge in [0.1, 0.15) is 0 Å². The first kappa shape index (κ1) is 13.6. The molecule has 0 unspecified atom stereocenters. The third kappa shape index (κ3) is 2.06. The molecule has 0 spiro atoms. The molecule has 2 aromatic carbocycles. The third-order valence-corrected chi connectivity index (χ3v) is 5.03. The second-order valence-electron chi connectivity index (χ2n) is 6.42. The molecule has 0 aliphatic carbocycles. The largest absolute Gasteiger partial charge is 0.347 e. The maximum absolute atomic E-state index is 2.46. The molecule has 1 atom stereocenters. The fraction of sp³-hybridized carbons (Fsp3) is 0.300. The number of benzene rings is 2. The van der Waals surface area contributed by atoms with Crippen molar-refractivity contribution in [2.45, 2.75) is 12.3 Å². The molecule has 0 radical (unpaired) electrons. The van der Waals surface area contributed by atoms with Crippen LogP contribution in [0.1, 0.15) is 22.7 Å². The second-order valence-corrected chi connectivity index (χ2v) is 6.42. The number of nitrogens with zero attached hydrogens (tertiary/aromatic N) is 2. The quantitative estimate of drug-likeness (QED) is 0.662. The van der Waals surface area contributed by atoms with Crippen molar-refractivity contribution in [3.05, 3.63) is 71.4 Å². The molecule has 0 amide bonds. The lowest BCUT2D eigenvalue weighted by molar-refractivity contribution is 0.336. The summed E-state index contributed by atoms with van der Waals surface area (Å²) in [5.74, 6) is 0.445. The van der Waals surface area contributed by atoms with Crippen LogP contribution in [0.2, 0.25) is 0 Å². The molecule has 0 N–H and O–H groups in total. The molecule has 3 aromatic rings. The Labute approximate surface area is 132 Å². The van der Waals surface area contributed by atoms with Crippen molar-refractivity contribution in [2.24, 2.45) is 7.05 Å². The van der Waals surface area contributed by atoms with Gasteiger partial charge in [-0.25, -0.2) is 0 Å². The number of fused-ring (bicyclic) bond motifs is 3. The molecule has 4 rings (SSSR count). The fourth-order valence-electron chi connectivity index (χ4n) is 3.94. The van der Waals surface area contributed by atoms with Gasteiger partial charge in [-0.3, -0.25) is 0 Å². The second kappa shape index (κ2) is 5.29. The van der Waals surface area contributed by atoms with Gasteiger partial charge in [-0.15, -0.1) is 0 Å². The van der Waals surface area contributed by atoms with Crippen molar-refractivity contribution in [3.8, 4) is 0 Å². The van der Waals surface area contributed by atoms with Gasteiger partial charge < -0.3 is 9.47 Å². The van der Waals surface area contributed by atoms with Crippen LogP contribution in [0.15, 0.2) is 54.6 Å². The van der Waals surface area contributed by atoms with Gasteiger partial charge in [0, 0.05) is 42.7 Å². The van der Waals surface area contributed by atoms with Crippen LogP contribution in [-0.2, 0) is 13.5 Å². The number of hydrogen-bond acceptors (Lipinski definition) is 1. The Kier molecular flexibility index (Phi) is 3.27. The summed E-state index contributed by atoms with van der Waals surface area (Å²) in [4.78, 5) is 2.46. The van der Waals surface area contributed by atoms with Crippen LogP contribution in [0, 0.1) is 0 Å². The van der Waals surface area contributed by atoms with Crippen molar-refractivity contribution in [3.63, 3.8) is 0 Å². The van der Waals surface area contributed by atoms with Crippen molar-refractivity contribution in [1.29, 1.82) is 0 Å². The predicted octanol–water partition coefficient (Wildman–Crippen LogP) is 3.80. The SMILES string of the molecule is CN1CCc2c(n(C)c3ccccc23)[C@H](c2ccccc2)C1. The Balaban J connectivity index is 1.98. The van der Waals surface area contributed by atoms with Crippen molar-refractivity contribution in [2.75, 3.05) is 20.1 Å². The van der Waals surface area contributed by atoms with E-state index in [1.165, 1.54) is 27.7 Å². The molecule has 2 heteroatoms. The van der Waals surface area contributed by atoms with Crippen molar-refractivity contribution < 1.29 is 0 Å². The van der Waals surface area contributed by atoms with Gasteiger partial charge in [-0.2, -0.15) is 0 Å². The smallest absolute Gasteiger partial charge is 0.0482 e. The van der Waals surface area contributed by atoms with E-state index in [2.05, 4.69) is 78.2 Å². The van der Waals surface area contributed by atoms with Gasteiger partial charge >= 0.3 is 0 Å². The van der Waals surface area contributed by atoms with Crippen LogP contribution in [0.5, 0.6) is 0 Å². The average Bonchev–Trinajstić information content (AvgIpc) is 2.72. The van der Waals surface area contributed by atoms with Gasteiger partial charge in [0.25, 0.3) is 0 Å². The molecule has 1 aliphatic heterocycles. The first-order valence-corrected chi connectivity index (χ1v) is 8.05. The van der Waals surface area contributed by atoms with Gasteiger partial charge in [0.2, 0.25) is 0 Å². The molecular weight excluding hydrogens is 268 g/mol.